The van der Waals surface area contributed by atoms with Crippen LogP contribution in [0.2, 0.25) is 0 Å². The summed E-state index contributed by atoms with van der Waals surface area (Å²) >= 11 is 0. The fourth-order valence-electron chi connectivity index (χ4n) is 1.99. The average molecular weight is 312 g/mol. The first-order valence-corrected chi connectivity index (χ1v) is 7.46. The van der Waals surface area contributed by atoms with Gasteiger partial charge < -0.3 is 14.6 Å². The van der Waals surface area contributed by atoms with Gasteiger partial charge in [-0.15, -0.1) is 0 Å². The monoisotopic (exact) mass is 312 g/mol. The van der Waals surface area contributed by atoms with E-state index in [0.29, 0.717) is 12.2 Å². The number of hydrogen-bond donors (Lipinski definition) is 1. The molecule has 4 nitrogen and oxygen atoms in total. The van der Waals surface area contributed by atoms with E-state index in [1.54, 1.807) is 12.1 Å². The smallest absolute Gasteiger partial charge is 0.185 e. The molecule has 0 amide bonds. The first kappa shape index (κ1) is 16.6. The third-order valence-corrected chi connectivity index (χ3v) is 3.24. The minimum atomic E-state index is -0.158. The molecular weight excluding hydrogens is 292 g/mol. The summed E-state index contributed by atoms with van der Waals surface area (Å²) in [5, 5.41) is 9.55. The fraction of sp³-hybridized carbons (Fsp3) is 0.211. The van der Waals surface area contributed by atoms with Crippen LogP contribution >= 0.6 is 0 Å². The van der Waals surface area contributed by atoms with Crippen LogP contribution in [0.25, 0.3) is 6.08 Å². The van der Waals surface area contributed by atoms with Crippen LogP contribution in [0.5, 0.6) is 17.2 Å². The molecule has 0 aliphatic rings. The number of methoxy groups -OCH3 is 1. The number of ether oxygens (including phenoxy) is 2. The second kappa shape index (κ2) is 8.03. The maximum atomic E-state index is 12.2. The van der Waals surface area contributed by atoms with E-state index in [1.807, 2.05) is 24.3 Å². The lowest BCUT2D eigenvalue weighted by Crippen LogP contribution is -1.95. The van der Waals surface area contributed by atoms with Crippen LogP contribution in [0.3, 0.4) is 0 Å². The molecule has 0 fully saturated rings. The van der Waals surface area contributed by atoms with Crippen molar-refractivity contribution in [1.82, 2.24) is 0 Å². The van der Waals surface area contributed by atoms with Crippen molar-refractivity contribution in [2.24, 2.45) is 0 Å². The number of benzene rings is 2. The summed E-state index contributed by atoms with van der Waals surface area (Å²) in [5.41, 5.74) is 1.37. The third kappa shape index (κ3) is 4.61. The van der Waals surface area contributed by atoms with Gasteiger partial charge in [0.2, 0.25) is 0 Å². The predicted octanol–water partition coefficient (Wildman–Crippen LogP) is 4.09. The van der Waals surface area contributed by atoms with Crippen LogP contribution < -0.4 is 9.47 Å². The van der Waals surface area contributed by atoms with E-state index < -0.39 is 0 Å². The van der Waals surface area contributed by atoms with Crippen molar-refractivity contribution in [1.29, 1.82) is 0 Å². The minimum Gasteiger partial charge on any atom is -0.504 e. The quantitative estimate of drug-likeness (QED) is 0.618. The highest BCUT2D eigenvalue weighted by Gasteiger charge is 2.07. The highest BCUT2D eigenvalue weighted by atomic mass is 16.5. The van der Waals surface area contributed by atoms with E-state index in [-0.39, 0.29) is 17.3 Å². The molecule has 23 heavy (non-hydrogen) atoms. The molecule has 4 heteroatoms. The molecule has 0 saturated heterocycles. The van der Waals surface area contributed by atoms with Crippen LogP contribution in [-0.2, 0) is 0 Å². The van der Waals surface area contributed by atoms with Gasteiger partial charge in [0, 0.05) is 5.56 Å². The van der Waals surface area contributed by atoms with Gasteiger partial charge in [-0.1, -0.05) is 25.1 Å². The van der Waals surface area contributed by atoms with E-state index >= 15 is 0 Å². The molecule has 0 atom stereocenters. The molecule has 1 N–H and O–H groups in total. The number of phenols is 1. The maximum Gasteiger partial charge on any atom is 0.185 e. The Labute approximate surface area is 136 Å². The molecule has 2 aromatic carbocycles. The first-order chi connectivity index (χ1) is 11.1. The number of ketones is 1. The Morgan fingerprint density at radius 3 is 2.57 bits per heavy atom. The van der Waals surface area contributed by atoms with E-state index in [1.165, 1.54) is 25.3 Å². The number of rotatable bonds is 7. The van der Waals surface area contributed by atoms with Crippen molar-refractivity contribution in [3.8, 4) is 17.2 Å². The molecule has 0 bridgehead atoms. The molecule has 0 aliphatic carbocycles. The Balaban J connectivity index is 2.05. The second-order valence-corrected chi connectivity index (χ2v) is 5.00. The second-order valence-electron chi connectivity index (χ2n) is 5.00. The number of carbonyl (C=O) groups is 1. The normalized spacial score (nSPS) is 10.7. The van der Waals surface area contributed by atoms with Crippen molar-refractivity contribution in [2.45, 2.75) is 13.3 Å². The Bertz CT molecular complexity index is 687. The van der Waals surface area contributed by atoms with Crippen molar-refractivity contribution in [3.63, 3.8) is 0 Å². The largest absolute Gasteiger partial charge is 0.504 e. The van der Waals surface area contributed by atoms with Crippen LogP contribution in [0.4, 0.5) is 0 Å². The molecule has 0 aromatic heterocycles. The van der Waals surface area contributed by atoms with Gasteiger partial charge in [0.25, 0.3) is 0 Å². The van der Waals surface area contributed by atoms with Crippen LogP contribution in [0, 0.1) is 0 Å². The van der Waals surface area contributed by atoms with Gasteiger partial charge in [0.1, 0.15) is 5.75 Å². The van der Waals surface area contributed by atoms with E-state index in [2.05, 4.69) is 6.92 Å². The Morgan fingerprint density at radius 2 is 1.91 bits per heavy atom. The topological polar surface area (TPSA) is 55.8 Å². The Morgan fingerprint density at radius 1 is 1.17 bits per heavy atom. The predicted molar refractivity (Wildman–Crippen MR) is 90.3 cm³/mol. The average Bonchev–Trinajstić information content (AvgIpc) is 2.59. The van der Waals surface area contributed by atoms with E-state index in [0.717, 1.165) is 17.7 Å². The number of hydrogen-bond acceptors (Lipinski definition) is 4. The lowest BCUT2D eigenvalue weighted by molar-refractivity contribution is 0.104. The summed E-state index contributed by atoms with van der Waals surface area (Å²) < 4.78 is 10.5. The van der Waals surface area contributed by atoms with E-state index in [4.69, 9.17) is 9.47 Å². The third-order valence-electron chi connectivity index (χ3n) is 3.24. The number of phenolic OH excluding ortho intramolecular Hbond substituents is 1. The lowest BCUT2D eigenvalue weighted by atomic mass is 10.1. The van der Waals surface area contributed by atoms with Gasteiger partial charge >= 0.3 is 0 Å². The Kier molecular flexibility index (Phi) is 5.80. The summed E-state index contributed by atoms with van der Waals surface area (Å²) in [6.45, 7) is 2.75. The van der Waals surface area contributed by atoms with Crippen molar-refractivity contribution >= 4 is 11.9 Å². The number of allylic oxidation sites excluding steroid dienone is 1. The van der Waals surface area contributed by atoms with Crippen LogP contribution in [0.1, 0.15) is 29.3 Å². The summed E-state index contributed by atoms with van der Waals surface area (Å²) in [6, 6.07) is 12.1. The van der Waals surface area contributed by atoms with Gasteiger partial charge in [0.05, 0.1) is 13.7 Å². The lowest BCUT2D eigenvalue weighted by Gasteiger charge is -2.05. The van der Waals surface area contributed by atoms with E-state index in [9.17, 15) is 9.90 Å². The van der Waals surface area contributed by atoms with Crippen molar-refractivity contribution < 1.29 is 19.4 Å². The fourth-order valence-corrected chi connectivity index (χ4v) is 1.99. The molecule has 120 valence electrons. The van der Waals surface area contributed by atoms with Gasteiger partial charge in [-0.3, -0.25) is 4.79 Å². The van der Waals surface area contributed by atoms with Crippen molar-refractivity contribution in [3.05, 3.63) is 59.7 Å². The van der Waals surface area contributed by atoms with Crippen LogP contribution in [0.15, 0.2) is 48.5 Å². The van der Waals surface area contributed by atoms with Gasteiger partial charge in [-0.25, -0.2) is 0 Å². The Hall–Kier alpha value is -2.75. The molecule has 0 saturated carbocycles. The standard InChI is InChI=1S/C19H20O4/c1-3-12-23-16-8-4-14(5-9-16)6-10-17(20)15-7-11-18(21)19(13-15)22-2/h4-11,13,21H,3,12H2,1-2H3/b10-6-. The zero-order valence-corrected chi connectivity index (χ0v) is 13.3. The molecule has 0 radical (unpaired) electrons. The van der Waals surface area contributed by atoms with Gasteiger partial charge in [0.15, 0.2) is 17.3 Å². The summed E-state index contributed by atoms with van der Waals surface area (Å²) in [7, 11) is 1.45. The highest BCUT2D eigenvalue weighted by molar-refractivity contribution is 6.07. The zero-order valence-electron chi connectivity index (χ0n) is 13.3. The SMILES string of the molecule is CCCOc1ccc(/C=C\C(=O)c2ccc(O)c(OC)c2)cc1. The molecule has 2 rings (SSSR count). The molecule has 0 unspecified atom stereocenters. The number of carbonyl (C=O) groups excluding carboxylic acids is 1. The van der Waals surface area contributed by atoms with Gasteiger partial charge in [-0.05, 0) is 48.4 Å². The summed E-state index contributed by atoms with van der Waals surface area (Å²) in [6.07, 6.45) is 4.20. The summed E-state index contributed by atoms with van der Waals surface area (Å²) in [4.78, 5) is 12.2. The molecule has 0 aliphatic heterocycles. The molecule has 2 aromatic rings. The first-order valence-electron chi connectivity index (χ1n) is 7.46. The summed E-state index contributed by atoms with van der Waals surface area (Å²) in [5.74, 6) is 0.950. The number of aromatic hydroxyl groups is 1. The minimum absolute atomic E-state index is 0.00991. The maximum absolute atomic E-state index is 12.2. The van der Waals surface area contributed by atoms with Crippen LogP contribution in [-0.4, -0.2) is 24.6 Å². The zero-order chi connectivity index (χ0) is 16.7. The van der Waals surface area contributed by atoms with Crippen molar-refractivity contribution in [2.75, 3.05) is 13.7 Å². The molecule has 0 heterocycles. The highest BCUT2D eigenvalue weighted by Crippen LogP contribution is 2.26. The molecular formula is C19H20O4. The molecule has 0 spiro atoms. The van der Waals surface area contributed by atoms with Gasteiger partial charge in [-0.2, -0.15) is 0 Å².